The molecule has 0 saturated heterocycles. The molecule has 0 aliphatic carbocycles. The number of amides is 1. The van der Waals surface area contributed by atoms with Crippen LogP contribution in [0, 0.1) is 12.7 Å². The average molecular weight is 321 g/mol. The molecule has 0 aliphatic rings. The normalized spacial score (nSPS) is 10.2. The summed E-state index contributed by atoms with van der Waals surface area (Å²) in [6, 6.07) is 17.1. The van der Waals surface area contributed by atoms with Crippen molar-refractivity contribution in [2.24, 2.45) is 0 Å². The lowest BCUT2D eigenvalue weighted by Crippen LogP contribution is -2.13. The minimum Gasteiger partial charge on any atom is -0.355 e. The van der Waals surface area contributed by atoms with Crippen molar-refractivity contribution in [3.8, 4) is 0 Å². The van der Waals surface area contributed by atoms with Gasteiger partial charge in [-0.3, -0.25) is 9.78 Å². The number of nitrogens with zero attached hydrogens (tertiary/aromatic N) is 1. The zero-order valence-corrected chi connectivity index (χ0v) is 13.1. The molecular formula is C19H16FN3O. The predicted octanol–water partition coefficient (Wildman–Crippen LogP) is 4.53. The second-order valence-electron chi connectivity index (χ2n) is 5.39. The van der Waals surface area contributed by atoms with E-state index in [9.17, 15) is 9.18 Å². The SMILES string of the molecule is Cc1cccc(Nc2ccnc(C(=O)Nc3cccc(F)c3)c2)c1. The van der Waals surface area contributed by atoms with Crippen LogP contribution >= 0.6 is 0 Å². The summed E-state index contributed by atoms with van der Waals surface area (Å²) in [5.74, 6) is -0.802. The van der Waals surface area contributed by atoms with E-state index < -0.39 is 11.7 Å². The highest BCUT2D eigenvalue weighted by Gasteiger charge is 2.09. The third-order valence-corrected chi connectivity index (χ3v) is 3.38. The van der Waals surface area contributed by atoms with Crippen LogP contribution in [0.3, 0.4) is 0 Å². The van der Waals surface area contributed by atoms with Crippen LogP contribution in [0.25, 0.3) is 0 Å². The van der Waals surface area contributed by atoms with Gasteiger partial charge in [0.2, 0.25) is 0 Å². The second kappa shape index (κ2) is 6.91. The van der Waals surface area contributed by atoms with Crippen LogP contribution in [0.1, 0.15) is 16.1 Å². The van der Waals surface area contributed by atoms with E-state index in [1.54, 1.807) is 24.4 Å². The molecule has 4 nitrogen and oxygen atoms in total. The highest BCUT2D eigenvalue weighted by atomic mass is 19.1. The Morgan fingerprint density at radius 2 is 1.71 bits per heavy atom. The molecule has 0 saturated carbocycles. The fourth-order valence-electron chi connectivity index (χ4n) is 2.28. The van der Waals surface area contributed by atoms with Crippen LogP contribution in [0.2, 0.25) is 0 Å². The Bertz CT molecular complexity index is 880. The number of nitrogens with one attached hydrogen (secondary N) is 2. The highest BCUT2D eigenvalue weighted by Crippen LogP contribution is 2.18. The van der Waals surface area contributed by atoms with Crippen molar-refractivity contribution in [1.82, 2.24) is 4.98 Å². The quantitative estimate of drug-likeness (QED) is 0.742. The Morgan fingerprint density at radius 1 is 0.958 bits per heavy atom. The fraction of sp³-hybridized carbons (Fsp3) is 0.0526. The summed E-state index contributed by atoms with van der Waals surface area (Å²) in [4.78, 5) is 16.3. The largest absolute Gasteiger partial charge is 0.355 e. The molecule has 120 valence electrons. The van der Waals surface area contributed by atoms with Gasteiger partial charge in [-0.05, 0) is 55.0 Å². The molecule has 0 radical (unpaired) electrons. The van der Waals surface area contributed by atoms with Crippen LogP contribution < -0.4 is 10.6 Å². The van der Waals surface area contributed by atoms with Gasteiger partial charge >= 0.3 is 0 Å². The number of rotatable bonds is 4. The zero-order chi connectivity index (χ0) is 16.9. The number of hydrogen-bond acceptors (Lipinski definition) is 3. The van der Waals surface area contributed by atoms with Gasteiger partial charge in [0.1, 0.15) is 11.5 Å². The molecule has 5 heteroatoms. The lowest BCUT2D eigenvalue weighted by molar-refractivity contribution is 0.102. The third kappa shape index (κ3) is 3.95. The molecule has 1 heterocycles. The van der Waals surface area contributed by atoms with Crippen molar-refractivity contribution in [2.45, 2.75) is 6.92 Å². The molecule has 2 aromatic carbocycles. The van der Waals surface area contributed by atoms with Gasteiger partial charge in [0.25, 0.3) is 5.91 Å². The van der Waals surface area contributed by atoms with Crippen LogP contribution in [0.5, 0.6) is 0 Å². The Kier molecular flexibility index (Phi) is 4.52. The van der Waals surface area contributed by atoms with Crippen molar-refractivity contribution in [1.29, 1.82) is 0 Å². The smallest absolute Gasteiger partial charge is 0.274 e. The Morgan fingerprint density at radius 3 is 2.50 bits per heavy atom. The van der Waals surface area contributed by atoms with E-state index in [0.29, 0.717) is 5.69 Å². The number of carbonyl (C=O) groups is 1. The van der Waals surface area contributed by atoms with Crippen LogP contribution in [-0.2, 0) is 0 Å². The van der Waals surface area contributed by atoms with Gasteiger partial charge in [0, 0.05) is 23.3 Å². The van der Waals surface area contributed by atoms with E-state index in [1.807, 2.05) is 31.2 Å². The van der Waals surface area contributed by atoms with Crippen molar-refractivity contribution in [3.63, 3.8) is 0 Å². The molecule has 1 amide bonds. The number of carbonyl (C=O) groups excluding carboxylic acids is 1. The van der Waals surface area contributed by atoms with E-state index in [1.165, 1.54) is 18.2 Å². The summed E-state index contributed by atoms with van der Waals surface area (Å²) in [6.07, 6.45) is 1.55. The lowest BCUT2D eigenvalue weighted by Gasteiger charge is -2.09. The van der Waals surface area contributed by atoms with Gasteiger partial charge in [0.05, 0.1) is 0 Å². The van der Waals surface area contributed by atoms with Gasteiger partial charge < -0.3 is 10.6 Å². The van der Waals surface area contributed by atoms with Crippen LogP contribution in [0.4, 0.5) is 21.5 Å². The maximum absolute atomic E-state index is 13.2. The van der Waals surface area contributed by atoms with Crippen molar-refractivity contribution < 1.29 is 9.18 Å². The number of anilines is 3. The monoisotopic (exact) mass is 321 g/mol. The molecule has 0 atom stereocenters. The molecule has 1 aromatic heterocycles. The molecule has 0 bridgehead atoms. The molecule has 24 heavy (non-hydrogen) atoms. The molecule has 2 N–H and O–H groups in total. The number of hydrogen-bond donors (Lipinski definition) is 2. The molecule has 0 unspecified atom stereocenters. The fourth-order valence-corrected chi connectivity index (χ4v) is 2.28. The first kappa shape index (κ1) is 15.7. The van der Waals surface area contributed by atoms with Crippen molar-refractivity contribution in [3.05, 3.63) is 83.9 Å². The van der Waals surface area contributed by atoms with E-state index in [2.05, 4.69) is 15.6 Å². The first-order chi connectivity index (χ1) is 11.6. The van der Waals surface area contributed by atoms with Gasteiger partial charge in [-0.15, -0.1) is 0 Å². The van der Waals surface area contributed by atoms with Gasteiger partial charge in [-0.1, -0.05) is 18.2 Å². The summed E-state index contributed by atoms with van der Waals surface area (Å²) in [6.45, 7) is 2.01. The summed E-state index contributed by atoms with van der Waals surface area (Å²) in [7, 11) is 0. The minimum atomic E-state index is -0.407. The molecule has 3 aromatic rings. The van der Waals surface area contributed by atoms with Crippen molar-refractivity contribution >= 4 is 23.0 Å². The average Bonchev–Trinajstić information content (AvgIpc) is 2.55. The van der Waals surface area contributed by atoms with E-state index >= 15 is 0 Å². The van der Waals surface area contributed by atoms with E-state index in [-0.39, 0.29) is 5.69 Å². The van der Waals surface area contributed by atoms with E-state index in [0.717, 1.165) is 16.9 Å². The third-order valence-electron chi connectivity index (χ3n) is 3.38. The number of benzene rings is 2. The van der Waals surface area contributed by atoms with Gasteiger partial charge in [-0.25, -0.2) is 4.39 Å². The highest BCUT2D eigenvalue weighted by molar-refractivity contribution is 6.03. The maximum atomic E-state index is 13.2. The molecular weight excluding hydrogens is 305 g/mol. The summed E-state index contributed by atoms with van der Waals surface area (Å²) in [5, 5.41) is 5.86. The summed E-state index contributed by atoms with van der Waals surface area (Å²) < 4.78 is 13.2. The number of aromatic nitrogens is 1. The molecule has 3 rings (SSSR count). The lowest BCUT2D eigenvalue weighted by atomic mass is 10.2. The van der Waals surface area contributed by atoms with Crippen LogP contribution in [0.15, 0.2) is 66.9 Å². The molecule has 0 fully saturated rings. The number of aryl methyl sites for hydroxylation is 1. The van der Waals surface area contributed by atoms with Crippen LogP contribution in [-0.4, -0.2) is 10.9 Å². The predicted molar refractivity (Wildman–Crippen MR) is 93.1 cm³/mol. The zero-order valence-electron chi connectivity index (χ0n) is 13.1. The summed E-state index contributed by atoms with van der Waals surface area (Å²) >= 11 is 0. The Hall–Kier alpha value is -3.21. The Labute approximate surface area is 139 Å². The molecule has 0 spiro atoms. The topological polar surface area (TPSA) is 54.0 Å². The first-order valence-corrected chi connectivity index (χ1v) is 7.47. The van der Waals surface area contributed by atoms with Gasteiger partial charge in [0.15, 0.2) is 0 Å². The Balaban J connectivity index is 1.76. The molecule has 0 aliphatic heterocycles. The van der Waals surface area contributed by atoms with E-state index in [4.69, 9.17) is 0 Å². The first-order valence-electron chi connectivity index (χ1n) is 7.47. The van der Waals surface area contributed by atoms with Gasteiger partial charge in [-0.2, -0.15) is 0 Å². The second-order valence-corrected chi connectivity index (χ2v) is 5.39. The number of halogens is 1. The standard InChI is InChI=1S/C19H16FN3O/c1-13-4-2-6-15(10-13)22-17-8-9-21-18(12-17)19(24)23-16-7-3-5-14(20)11-16/h2-12H,1H3,(H,21,22)(H,23,24). The number of pyridine rings is 1. The van der Waals surface area contributed by atoms with Crippen molar-refractivity contribution in [2.75, 3.05) is 10.6 Å². The summed E-state index contributed by atoms with van der Waals surface area (Å²) in [5.41, 5.74) is 3.45. The maximum Gasteiger partial charge on any atom is 0.274 e. The minimum absolute atomic E-state index is 0.247.